The van der Waals surface area contributed by atoms with Crippen LogP contribution in [-0.2, 0) is 11.3 Å². The third-order valence-corrected chi connectivity index (χ3v) is 4.13. The molecule has 0 spiro atoms. The predicted molar refractivity (Wildman–Crippen MR) is 82.0 cm³/mol. The number of aryl methyl sites for hydroxylation is 1. The lowest BCUT2D eigenvalue weighted by Gasteiger charge is -2.32. The molecule has 0 saturated carbocycles. The highest BCUT2D eigenvalue weighted by atomic mass is 16.2. The summed E-state index contributed by atoms with van der Waals surface area (Å²) in [6.07, 6.45) is 10.6. The lowest BCUT2D eigenvalue weighted by molar-refractivity contribution is -0.132. The van der Waals surface area contributed by atoms with Gasteiger partial charge in [0.25, 0.3) is 0 Å². The fourth-order valence-corrected chi connectivity index (χ4v) is 2.97. The Morgan fingerprint density at radius 2 is 2.32 bits per heavy atom. The molecule has 1 saturated heterocycles. The zero-order chi connectivity index (χ0) is 15.2. The molecule has 1 atom stereocenters. The van der Waals surface area contributed by atoms with Gasteiger partial charge in [0.1, 0.15) is 6.33 Å². The Hall–Kier alpha value is -2.24. The molecule has 0 unspecified atom stereocenters. The minimum absolute atomic E-state index is 0.242. The summed E-state index contributed by atoms with van der Waals surface area (Å²) < 4.78 is 1.87. The van der Waals surface area contributed by atoms with Crippen LogP contribution in [0.5, 0.6) is 0 Å². The molecule has 3 rings (SSSR count). The van der Waals surface area contributed by atoms with Gasteiger partial charge in [-0.25, -0.2) is 9.97 Å². The van der Waals surface area contributed by atoms with Crippen LogP contribution < -0.4 is 0 Å². The summed E-state index contributed by atoms with van der Waals surface area (Å²) in [5.41, 5.74) is 1.05. The Morgan fingerprint density at radius 1 is 1.36 bits per heavy atom. The van der Waals surface area contributed by atoms with Crippen molar-refractivity contribution in [1.82, 2.24) is 24.6 Å². The fraction of sp³-hybridized carbons (Fsp3) is 0.500. The quantitative estimate of drug-likeness (QED) is 0.845. The molecule has 116 valence electrons. The van der Waals surface area contributed by atoms with Gasteiger partial charge in [-0.2, -0.15) is 5.10 Å². The lowest BCUT2D eigenvalue weighted by atomic mass is 9.94. The van der Waals surface area contributed by atoms with Crippen LogP contribution in [0.25, 0.3) is 0 Å². The molecule has 0 radical (unpaired) electrons. The number of aromatic nitrogens is 4. The van der Waals surface area contributed by atoms with Crippen LogP contribution in [0.3, 0.4) is 0 Å². The maximum atomic E-state index is 12.4. The molecule has 6 heteroatoms. The van der Waals surface area contributed by atoms with E-state index in [1.807, 2.05) is 27.9 Å². The van der Waals surface area contributed by atoms with Crippen molar-refractivity contribution in [2.24, 2.45) is 0 Å². The summed E-state index contributed by atoms with van der Waals surface area (Å²) in [7, 11) is 0. The van der Waals surface area contributed by atoms with Gasteiger partial charge in [-0.15, -0.1) is 0 Å². The number of hydrogen-bond donors (Lipinski definition) is 0. The number of nitrogens with zero attached hydrogens (tertiary/aromatic N) is 5. The molecule has 22 heavy (non-hydrogen) atoms. The number of rotatable bonds is 5. The first kappa shape index (κ1) is 14.7. The Bertz CT molecular complexity index is 584. The highest BCUT2D eigenvalue weighted by molar-refractivity contribution is 5.76. The third kappa shape index (κ3) is 3.69. The van der Waals surface area contributed by atoms with Crippen LogP contribution in [0.4, 0.5) is 0 Å². The minimum atomic E-state index is 0.242. The SMILES string of the molecule is O=C(CCCn1cccn1)N1CCC[C@H](c2ccncn2)C1. The summed E-state index contributed by atoms with van der Waals surface area (Å²) in [5, 5.41) is 4.15. The lowest BCUT2D eigenvalue weighted by Crippen LogP contribution is -2.39. The van der Waals surface area contributed by atoms with E-state index in [9.17, 15) is 4.79 Å². The van der Waals surface area contributed by atoms with Gasteiger partial charge in [-0.3, -0.25) is 9.48 Å². The first-order valence-electron chi connectivity index (χ1n) is 7.84. The number of hydrogen-bond acceptors (Lipinski definition) is 4. The zero-order valence-electron chi connectivity index (χ0n) is 12.6. The van der Waals surface area contributed by atoms with Crippen molar-refractivity contribution < 1.29 is 4.79 Å². The van der Waals surface area contributed by atoms with Crippen molar-refractivity contribution >= 4 is 5.91 Å². The van der Waals surface area contributed by atoms with E-state index in [4.69, 9.17) is 0 Å². The van der Waals surface area contributed by atoms with Crippen molar-refractivity contribution in [3.63, 3.8) is 0 Å². The third-order valence-electron chi connectivity index (χ3n) is 4.13. The van der Waals surface area contributed by atoms with Crippen LogP contribution in [0.15, 0.2) is 37.1 Å². The first-order valence-corrected chi connectivity index (χ1v) is 7.84. The van der Waals surface area contributed by atoms with Crippen molar-refractivity contribution in [2.75, 3.05) is 13.1 Å². The molecule has 0 aliphatic carbocycles. The molecule has 0 bridgehead atoms. The molecule has 1 fully saturated rings. The number of carbonyl (C=O) groups excluding carboxylic acids is 1. The normalized spacial score (nSPS) is 18.4. The van der Waals surface area contributed by atoms with Crippen LogP contribution in [0.1, 0.15) is 37.3 Å². The van der Waals surface area contributed by atoms with E-state index in [-0.39, 0.29) is 5.91 Å². The molecule has 2 aromatic rings. The van der Waals surface area contributed by atoms with E-state index in [2.05, 4.69) is 15.1 Å². The zero-order valence-corrected chi connectivity index (χ0v) is 12.6. The largest absolute Gasteiger partial charge is 0.342 e. The maximum Gasteiger partial charge on any atom is 0.222 e. The van der Waals surface area contributed by atoms with Crippen molar-refractivity contribution in [3.05, 3.63) is 42.7 Å². The average molecular weight is 299 g/mol. The second-order valence-electron chi connectivity index (χ2n) is 5.69. The molecule has 0 N–H and O–H groups in total. The van der Waals surface area contributed by atoms with Crippen LogP contribution >= 0.6 is 0 Å². The van der Waals surface area contributed by atoms with Gasteiger partial charge in [-0.1, -0.05) is 0 Å². The Morgan fingerprint density at radius 3 is 3.09 bits per heavy atom. The second-order valence-corrected chi connectivity index (χ2v) is 5.69. The molecular formula is C16H21N5O. The molecule has 2 aromatic heterocycles. The van der Waals surface area contributed by atoms with Gasteiger partial charge in [0.05, 0.1) is 0 Å². The molecule has 1 amide bonds. The molecule has 1 aliphatic heterocycles. The Kier molecular flexibility index (Phi) is 4.78. The van der Waals surface area contributed by atoms with Crippen molar-refractivity contribution in [2.45, 2.75) is 38.1 Å². The second kappa shape index (κ2) is 7.15. The standard InChI is InChI=1S/C16H21N5O/c22-16(5-2-10-21-11-3-7-19-21)20-9-1-4-14(12-20)15-6-8-17-13-18-15/h3,6-8,11,13-14H,1-2,4-5,9-10,12H2/t14-/m0/s1. The van der Waals surface area contributed by atoms with Gasteiger partial charge >= 0.3 is 0 Å². The van der Waals surface area contributed by atoms with E-state index < -0.39 is 0 Å². The molecule has 6 nitrogen and oxygen atoms in total. The summed E-state index contributed by atoms with van der Waals surface area (Å²) >= 11 is 0. The van der Waals surface area contributed by atoms with Gasteiger partial charge in [-0.05, 0) is 31.4 Å². The summed E-state index contributed by atoms with van der Waals surface area (Å²) in [4.78, 5) is 22.6. The van der Waals surface area contributed by atoms with Gasteiger partial charge in [0, 0.05) is 56.3 Å². The van der Waals surface area contributed by atoms with Gasteiger partial charge < -0.3 is 4.90 Å². The number of amides is 1. The Labute approximate surface area is 130 Å². The van der Waals surface area contributed by atoms with E-state index >= 15 is 0 Å². The average Bonchev–Trinajstić information content (AvgIpc) is 3.09. The van der Waals surface area contributed by atoms with E-state index in [0.717, 1.165) is 44.6 Å². The predicted octanol–water partition coefficient (Wildman–Crippen LogP) is 1.86. The summed E-state index contributed by atoms with van der Waals surface area (Å²) in [6.45, 7) is 2.43. The first-order chi connectivity index (χ1) is 10.8. The highest BCUT2D eigenvalue weighted by Crippen LogP contribution is 2.25. The minimum Gasteiger partial charge on any atom is -0.342 e. The van der Waals surface area contributed by atoms with Crippen LogP contribution in [0.2, 0.25) is 0 Å². The highest BCUT2D eigenvalue weighted by Gasteiger charge is 2.25. The van der Waals surface area contributed by atoms with Crippen molar-refractivity contribution in [1.29, 1.82) is 0 Å². The monoisotopic (exact) mass is 299 g/mol. The smallest absolute Gasteiger partial charge is 0.222 e. The topological polar surface area (TPSA) is 63.9 Å². The van der Waals surface area contributed by atoms with Crippen LogP contribution in [0, 0.1) is 0 Å². The molecule has 3 heterocycles. The van der Waals surface area contributed by atoms with E-state index in [0.29, 0.717) is 12.3 Å². The molecular weight excluding hydrogens is 278 g/mol. The maximum absolute atomic E-state index is 12.4. The summed E-state index contributed by atoms with van der Waals surface area (Å²) in [5.74, 6) is 0.581. The number of likely N-dealkylation sites (tertiary alicyclic amines) is 1. The van der Waals surface area contributed by atoms with Crippen LogP contribution in [-0.4, -0.2) is 43.6 Å². The Balaban J connectivity index is 1.49. The van der Waals surface area contributed by atoms with E-state index in [1.54, 1.807) is 18.7 Å². The number of piperidine rings is 1. The van der Waals surface area contributed by atoms with Gasteiger partial charge in [0.15, 0.2) is 0 Å². The van der Waals surface area contributed by atoms with Crippen molar-refractivity contribution in [3.8, 4) is 0 Å². The van der Waals surface area contributed by atoms with E-state index in [1.165, 1.54) is 0 Å². The van der Waals surface area contributed by atoms with Gasteiger partial charge in [0.2, 0.25) is 5.91 Å². The fourth-order valence-electron chi connectivity index (χ4n) is 2.97. The number of carbonyl (C=O) groups is 1. The summed E-state index contributed by atoms with van der Waals surface area (Å²) in [6, 6.07) is 3.86. The molecule has 1 aliphatic rings. The molecule has 0 aromatic carbocycles.